The first-order valence-corrected chi connectivity index (χ1v) is 6.64. The Hall–Kier alpha value is -1.05. The molecule has 1 aliphatic heterocycles. The molecule has 2 heteroatoms. The fourth-order valence-corrected chi connectivity index (χ4v) is 3.80. The highest BCUT2D eigenvalue weighted by Gasteiger charge is 2.46. The zero-order valence-corrected chi connectivity index (χ0v) is 10.7. The topological polar surface area (TPSA) is 26.3 Å². The SMILES string of the molecule is C=C1CCC2=C(C)CC3OC(=O)C(C)C3CC12. The third kappa shape index (κ3) is 1.57. The summed E-state index contributed by atoms with van der Waals surface area (Å²) >= 11 is 0. The van der Waals surface area contributed by atoms with Gasteiger partial charge in [-0.1, -0.05) is 30.2 Å². The summed E-state index contributed by atoms with van der Waals surface area (Å²) in [6, 6.07) is 0. The molecule has 1 saturated heterocycles. The molecule has 0 aromatic heterocycles. The molecule has 4 unspecified atom stereocenters. The average Bonchev–Trinajstić information content (AvgIpc) is 2.71. The Bertz CT molecular complexity index is 419. The van der Waals surface area contributed by atoms with Gasteiger partial charge in [-0.3, -0.25) is 4.79 Å². The van der Waals surface area contributed by atoms with Crippen LogP contribution >= 0.6 is 0 Å². The minimum atomic E-state index is -0.000130. The van der Waals surface area contributed by atoms with Crippen LogP contribution in [-0.4, -0.2) is 12.1 Å². The quantitative estimate of drug-likeness (QED) is 0.473. The van der Waals surface area contributed by atoms with E-state index in [1.165, 1.54) is 17.6 Å². The van der Waals surface area contributed by atoms with E-state index in [4.69, 9.17) is 4.74 Å². The molecule has 1 heterocycles. The van der Waals surface area contributed by atoms with E-state index >= 15 is 0 Å². The zero-order chi connectivity index (χ0) is 12.2. The first kappa shape index (κ1) is 11.1. The molecule has 3 aliphatic rings. The molecule has 3 rings (SSSR count). The molecule has 0 bridgehead atoms. The molecule has 0 aromatic rings. The largest absolute Gasteiger partial charge is 0.461 e. The number of rotatable bonds is 0. The lowest BCUT2D eigenvalue weighted by molar-refractivity contribution is -0.143. The van der Waals surface area contributed by atoms with Crippen molar-refractivity contribution in [2.75, 3.05) is 0 Å². The number of carbonyl (C=O) groups is 1. The van der Waals surface area contributed by atoms with Gasteiger partial charge in [0.05, 0.1) is 5.92 Å². The van der Waals surface area contributed by atoms with Gasteiger partial charge in [0.15, 0.2) is 0 Å². The number of fused-ring (bicyclic) bond motifs is 2. The lowest BCUT2D eigenvalue weighted by Crippen LogP contribution is -2.20. The second kappa shape index (κ2) is 3.72. The molecule has 1 saturated carbocycles. The molecular formula is C15H20O2. The Morgan fingerprint density at radius 3 is 2.88 bits per heavy atom. The highest BCUT2D eigenvalue weighted by molar-refractivity contribution is 5.75. The van der Waals surface area contributed by atoms with Crippen LogP contribution in [0, 0.1) is 17.8 Å². The lowest BCUT2D eigenvalue weighted by Gasteiger charge is -2.20. The standard InChI is InChI=1S/C15H20O2/c1-8-4-5-11-9(2)6-14-13(7-12(8)11)10(3)15(16)17-14/h10,12-14H,1,4-7H2,2-3H3. The van der Waals surface area contributed by atoms with Crippen molar-refractivity contribution in [1.29, 1.82) is 0 Å². The van der Waals surface area contributed by atoms with E-state index in [1.54, 1.807) is 5.57 Å². The van der Waals surface area contributed by atoms with Crippen LogP contribution in [0.5, 0.6) is 0 Å². The van der Waals surface area contributed by atoms with Crippen molar-refractivity contribution in [3.05, 3.63) is 23.3 Å². The molecule has 0 aromatic carbocycles. The Labute approximate surface area is 103 Å². The van der Waals surface area contributed by atoms with E-state index in [9.17, 15) is 4.79 Å². The maximum absolute atomic E-state index is 11.7. The zero-order valence-electron chi connectivity index (χ0n) is 10.7. The van der Waals surface area contributed by atoms with Crippen molar-refractivity contribution in [3.63, 3.8) is 0 Å². The van der Waals surface area contributed by atoms with E-state index in [0.717, 1.165) is 19.3 Å². The predicted octanol–water partition coefficient (Wildman–Crippen LogP) is 3.24. The third-order valence-electron chi connectivity index (χ3n) is 4.95. The monoisotopic (exact) mass is 232 g/mol. The van der Waals surface area contributed by atoms with Crippen molar-refractivity contribution in [1.82, 2.24) is 0 Å². The molecule has 2 fully saturated rings. The summed E-state index contributed by atoms with van der Waals surface area (Å²) in [5.74, 6) is 0.997. The number of hydrogen-bond acceptors (Lipinski definition) is 2. The Kier molecular flexibility index (Phi) is 2.42. The van der Waals surface area contributed by atoms with Crippen LogP contribution in [0.3, 0.4) is 0 Å². The first-order chi connectivity index (χ1) is 8.08. The van der Waals surface area contributed by atoms with Crippen LogP contribution in [0.25, 0.3) is 0 Å². The molecule has 0 radical (unpaired) electrons. The maximum atomic E-state index is 11.7. The summed E-state index contributed by atoms with van der Waals surface area (Å²) in [5.41, 5.74) is 4.40. The fraction of sp³-hybridized carbons (Fsp3) is 0.667. The summed E-state index contributed by atoms with van der Waals surface area (Å²) in [5, 5.41) is 0. The van der Waals surface area contributed by atoms with Crippen LogP contribution in [0.1, 0.15) is 39.5 Å². The van der Waals surface area contributed by atoms with Gasteiger partial charge in [-0.05, 0) is 26.2 Å². The molecule has 0 N–H and O–H groups in total. The Balaban J connectivity index is 1.95. The van der Waals surface area contributed by atoms with Crippen molar-refractivity contribution in [2.45, 2.75) is 45.6 Å². The van der Waals surface area contributed by atoms with E-state index < -0.39 is 0 Å². The van der Waals surface area contributed by atoms with Crippen LogP contribution in [-0.2, 0) is 9.53 Å². The van der Waals surface area contributed by atoms with Gasteiger partial charge < -0.3 is 4.74 Å². The van der Waals surface area contributed by atoms with Crippen LogP contribution in [0.4, 0.5) is 0 Å². The van der Waals surface area contributed by atoms with E-state index in [2.05, 4.69) is 13.5 Å². The molecule has 92 valence electrons. The molecule has 0 spiro atoms. The van der Waals surface area contributed by atoms with E-state index in [0.29, 0.717) is 11.8 Å². The van der Waals surface area contributed by atoms with E-state index in [1.807, 2.05) is 6.92 Å². The summed E-state index contributed by atoms with van der Waals surface area (Å²) in [4.78, 5) is 11.7. The minimum absolute atomic E-state index is 0.000130. The smallest absolute Gasteiger partial charge is 0.309 e. The maximum Gasteiger partial charge on any atom is 0.309 e. The highest BCUT2D eigenvalue weighted by atomic mass is 16.6. The first-order valence-electron chi connectivity index (χ1n) is 6.64. The number of hydrogen-bond donors (Lipinski definition) is 0. The van der Waals surface area contributed by atoms with Gasteiger partial charge in [0, 0.05) is 18.3 Å². The molecule has 0 amide bonds. The number of allylic oxidation sites excluding steroid dienone is 2. The summed E-state index contributed by atoms with van der Waals surface area (Å²) < 4.78 is 5.53. The van der Waals surface area contributed by atoms with Crippen molar-refractivity contribution in [2.24, 2.45) is 17.8 Å². The average molecular weight is 232 g/mol. The summed E-state index contributed by atoms with van der Waals surface area (Å²) in [7, 11) is 0. The molecule has 4 atom stereocenters. The van der Waals surface area contributed by atoms with Gasteiger partial charge in [-0.15, -0.1) is 0 Å². The molecular weight excluding hydrogens is 212 g/mol. The minimum Gasteiger partial charge on any atom is -0.461 e. The van der Waals surface area contributed by atoms with Crippen molar-refractivity contribution in [3.8, 4) is 0 Å². The Morgan fingerprint density at radius 1 is 1.35 bits per heavy atom. The second-order valence-electron chi connectivity index (χ2n) is 5.88. The summed E-state index contributed by atoms with van der Waals surface area (Å²) in [6.07, 6.45) is 4.46. The predicted molar refractivity (Wildman–Crippen MR) is 66.3 cm³/mol. The van der Waals surface area contributed by atoms with Gasteiger partial charge in [-0.2, -0.15) is 0 Å². The second-order valence-corrected chi connectivity index (χ2v) is 5.88. The molecule has 17 heavy (non-hydrogen) atoms. The number of carbonyl (C=O) groups excluding carboxylic acids is 1. The van der Waals surface area contributed by atoms with Crippen LogP contribution in [0.15, 0.2) is 23.3 Å². The number of ether oxygens (including phenoxy) is 1. The highest BCUT2D eigenvalue weighted by Crippen LogP contribution is 2.48. The molecule has 2 nitrogen and oxygen atoms in total. The third-order valence-corrected chi connectivity index (χ3v) is 4.95. The summed E-state index contributed by atoms with van der Waals surface area (Å²) in [6.45, 7) is 8.44. The van der Waals surface area contributed by atoms with Crippen LogP contribution in [0.2, 0.25) is 0 Å². The number of esters is 1. The van der Waals surface area contributed by atoms with Gasteiger partial charge in [-0.25, -0.2) is 0 Å². The van der Waals surface area contributed by atoms with Crippen molar-refractivity contribution >= 4 is 5.97 Å². The van der Waals surface area contributed by atoms with Gasteiger partial charge in [0.1, 0.15) is 6.10 Å². The normalized spacial score (nSPS) is 41.1. The van der Waals surface area contributed by atoms with Gasteiger partial charge in [0.25, 0.3) is 0 Å². The molecule has 2 aliphatic carbocycles. The van der Waals surface area contributed by atoms with Crippen molar-refractivity contribution < 1.29 is 9.53 Å². The van der Waals surface area contributed by atoms with Gasteiger partial charge in [0.2, 0.25) is 0 Å². The fourth-order valence-electron chi connectivity index (χ4n) is 3.80. The van der Waals surface area contributed by atoms with Gasteiger partial charge >= 0.3 is 5.97 Å². The van der Waals surface area contributed by atoms with Crippen LogP contribution < -0.4 is 0 Å². The lowest BCUT2D eigenvalue weighted by atomic mass is 9.82. The van der Waals surface area contributed by atoms with E-state index in [-0.39, 0.29) is 18.0 Å². The Morgan fingerprint density at radius 2 is 2.12 bits per heavy atom.